The molecule has 1 aliphatic heterocycles. The van der Waals surface area contributed by atoms with Gasteiger partial charge in [-0.15, -0.1) is 0 Å². The van der Waals surface area contributed by atoms with Crippen molar-refractivity contribution < 1.29 is 13.5 Å². The van der Waals surface area contributed by atoms with Gasteiger partial charge in [0, 0.05) is 19.6 Å². The molecule has 2 rings (SSSR count). The number of nitrogens with zero attached hydrogens (tertiary/aromatic N) is 1. The maximum Gasteiger partial charge on any atom is 0.145 e. The molecule has 4 heteroatoms. The average molecular weight is 241 g/mol. The van der Waals surface area contributed by atoms with Crippen LogP contribution in [0, 0.1) is 0 Å². The molecule has 0 unspecified atom stereocenters. The predicted octanol–water partition coefficient (Wildman–Crippen LogP) is 2.20. The second-order valence-electron chi connectivity index (χ2n) is 4.33. The first-order chi connectivity index (χ1) is 8.25. The molecule has 0 bridgehead atoms. The summed E-state index contributed by atoms with van der Waals surface area (Å²) >= 11 is 0. The molecule has 1 aliphatic rings. The fourth-order valence-corrected chi connectivity index (χ4v) is 1.94. The second kappa shape index (κ2) is 6.07. The Labute approximate surface area is 100 Å². The molecule has 1 aromatic rings. The van der Waals surface area contributed by atoms with E-state index < -0.39 is 12.3 Å². The molecule has 17 heavy (non-hydrogen) atoms. The second-order valence-corrected chi connectivity index (χ2v) is 4.33. The fourth-order valence-electron chi connectivity index (χ4n) is 1.94. The van der Waals surface area contributed by atoms with E-state index in [9.17, 15) is 8.78 Å². The summed E-state index contributed by atoms with van der Waals surface area (Å²) < 4.78 is 31.2. The lowest BCUT2D eigenvalue weighted by atomic mass is 10.2. The Balaban J connectivity index is 1.61. The van der Waals surface area contributed by atoms with Gasteiger partial charge in [-0.25, -0.2) is 8.78 Å². The van der Waals surface area contributed by atoms with Crippen molar-refractivity contribution in [2.75, 3.05) is 26.2 Å². The molecule has 1 fully saturated rings. The number of likely N-dealkylation sites (tertiary alicyclic amines) is 1. The van der Waals surface area contributed by atoms with Crippen LogP contribution in [0.2, 0.25) is 0 Å². The zero-order valence-electron chi connectivity index (χ0n) is 9.69. The van der Waals surface area contributed by atoms with Gasteiger partial charge in [-0.1, -0.05) is 30.3 Å². The van der Waals surface area contributed by atoms with Gasteiger partial charge in [0.1, 0.15) is 12.3 Å². The van der Waals surface area contributed by atoms with E-state index in [1.165, 1.54) is 0 Å². The quantitative estimate of drug-likeness (QED) is 0.733. The van der Waals surface area contributed by atoms with E-state index in [2.05, 4.69) is 0 Å². The molecule has 0 aliphatic carbocycles. The lowest BCUT2D eigenvalue weighted by molar-refractivity contribution is 0.0969. The molecule has 1 aromatic carbocycles. The molecular weight excluding hydrogens is 224 g/mol. The van der Waals surface area contributed by atoms with Gasteiger partial charge in [0.15, 0.2) is 0 Å². The zero-order valence-corrected chi connectivity index (χ0v) is 9.69. The van der Waals surface area contributed by atoms with Crippen LogP contribution in [-0.2, 0) is 11.3 Å². The Morgan fingerprint density at radius 1 is 1.12 bits per heavy atom. The Morgan fingerprint density at radius 3 is 2.41 bits per heavy atom. The highest BCUT2D eigenvalue weighted by Crippen LogP contribution is 2.15. The topological polar surface area (TPSA) is 12.5 Å². The number of hydrogen-bond donors (Lipinski definition) is 0. The molecule has 0 spiro atoms. The summed E-state index contributed by atoms with van der Waals surface area (Å²) in [4.78, 5) is 1.76. The van der Waals surface area contributed by atoms with Gasteiger partial charge in [0.05, 0.1) is 13.2 Å². The number of hydrogen-bond acceptors (Lipinski definition) is 2. The van der Waals surface area contributed by atoms with Gasteiger partial charge >= 0.3 is 0 Å². The molecule has 2 atom stereocenters. The van der Waals surface area contributed by atoms with Gasteiger partial charge in [0.2, 0.25) is 0 Å². The normalized spacial score (nSPS) is 25.3. The Hall–Kier alpha value is -1.00. The van der Waals surface area contributed by atoms with E-state index in [4.69, 9.17) is 4.74 Å². The van der Waals surface area contributed by atoms with E-state index in [-0.39, 0.29) is 13.1 Å². The highest BCUT2D eigenvalue weighted by Gasteiger charge is 2.32. The third-order valence-corrected chi connectivity index (χ3v) is 2.92. The van der Waals surface area contributed by atoms with Crippen molar-refractivity contribution in [2.24, 2.45) is 0 Å². The fraction of sp³-hybridized carbons (Fsp3) is 0.538. The molecule has 1 saturated heterocycles. The van der Waals surface area contributed by atoms with Crippen LogP contribution in [0.3, 0.4) is 0 Å². The predicted molar refractivity (Wildman–Crippen MR) is 62.3 cm³/mol. The minimum absolute atomic E-state index is 0.190. The third-order valence-electron chi connectivity index (χ3n) is 2.92. The molecule has 2 nitrogen and oxygen atoms in total. The molecule has 0 N–H and O–H groups in total. The standard InChI is InChI=1S/C13H17F2NO/c14-12-8-16(9-13(12)15)6-7-17-10-11-4-2-1-3-5-11/h1-5,12-13H,6-10H2/t12-,13-/m1/s1. The summed E-state index contributed by atoms with van der Waals surface area (Å²) in [7, 11) is 0. The van der Waals surface area contributed by atoms with Crippen molar-refractivity contribution in [1.82, 2.24) is 4.90 Å². The third kappa shape index (κ3) is 3.75. The number of halogens is 2. The molecule has 0 radical (unpaired) electrons. The molecule has 94 valence electrons. The number of alkyl halides is 2. The van der Waals surface area contributed by atoms with Crippen LogP contribution in [-0.4, -0.2) is 43.5 Å². The van der Waals surface area contributed by atoms with Crippen molar-refractivity contribution >= 4 is 0 Å². The van der Waals surface area contributed by atoms with E-state index in [1.54, 1.807) is 4.90 Å². The Morgan fingerprint density at radius 2 is 1.76 bits per heavy atom. The molecular formula is C13H17F2NO. The zero-order chi connectivity index (χ0) is 12.1. The largest absolute Gasteiger partial charge is 0.375 e. The van der Waals surface area contributed by atoms with E-state index in [0.717, 1.165) is 5.56 Å². The van der Waals surface area contributed by atoms with Crippen molar-refractivity contribution in [3.63, 3.8) is 0 Å². The SMILES string of the molecule is F[C@@H]1CN(CCOCc2ccccc2)C[C@H]1F. The van der Waals surface area contributed by atoms with Crippen molar-refractivity contribution in [2.45, 2.75) is 19.0 Å². The van der Waals surface area contributed by atoms with Crippen LogP contribution in [0.4, 0.5) is 8.78 Å². The van der Waals surface area contributed by atoms with Gasteiger partial charge in [0.25, 0.3) is 0 Å². The van der Waals surface area contributed by atoms with Crippen LogP contribution in [0.1, 0.15) is 5.56 Å². The Kier molecular flexibility index (Phi) is 4.45. The van der Waals surface area contributed by atoms with Gasteiger partial charge in [-0.2, -0.15) is 0 Å². The van der Waals surface area contributed by atoms with Crippen LogP contribution in [0.15, 0.2) is 30.3 Å². The van der Waals surface area contributed by atoms with Crippen molar-refractivity contribution in [3.05, 3.63) is 35.9 Å². The molecule has 0 saturated carbocycles. The molecule has 0 aromatic heterocycles. The average Bonchev–Trinajstić information content (AvgIpc) is 2.66. The highest BCUT2D eigenvalue weighted by molar-refractivity contribution is 5.13. The van der Waals surface area contributed by atoms with Gasteiger partial charge in [-0.3, -0.25) is 4.90 Å². The maximum absolute atomic E-state index is 12.9. The molecule has 1 heterocycles. The lowest BCUT2D eigenvalue weighted by Crippen LogP contribution is -2.25. The number of rotatable bonds is 5. The smallest absolute Gasteiger partial charge is 0.145 e. The van der Waals surface area contributed by atoms with E-state index in [0.29, 0.717) is 19.8 Å². The summed E-state index contributed by atoms with van der Waals surface area (Å²) in [5, 5.41) is 0. The van der Waals surface area contributed by atoms with E-state index >= 15 is 0 Å². The van der Waals surface area contributed by atoms with Crippen LogP contribution in [0.25, 0.3) is 0 Å². The highest BCUT2D eigenvalue weighted by atomic mass is 19.2. The Bertz CT molecular complexity index is 323. The van der Waals surface area contributed by atoms with Crippen LogP contribution < -0.4 is 0 Å². The number of benzene rings is 1. The summed E-state index contributed by atoms with van der Waals surface area (Å²) in [6.45, 7) is 2.03. The summed E-state index contributed by atoms with van der Waals surface area (Å²) in [5.41, 5.74) is 1.11. The van der Waals surface area contributed by atoms with Crippen LogP contribution in [0.5, 0.6) is 0 Å². The summed E-state index contributed by atoms with van der Waals surface area (Å²) in [6, 6.07) is 9.85. The molecule has 0 amide bonds. The monoisotopic (exact) mass is 241 g/mol. The first kappa shape index (κ1) is 12.5. The first-order valence-corrected chi connectivity index (χ1v) is 5.88. The van der Waals surface area contributed by atoms with Gasteiger partial charge < -0.3 is 4.74 Å². The summed E-state index contributed by atoms with van der Waals surface area (Å²) in [5.74, 6) is 0. The minimum Gasteiger partial charge on any atom is -0.375 e. The summed E-state index contributed by atoms with van der Waals surface area (Å²) in [6.07, 6.45) is -2.66. The lowest BCUT2D eigenvalue weighted by Gasteiger charge is -2.14. The van der Waals surface area contributed by atoms with Crippen LogP contribution >= 0.6 is 0 Å². The van der Waals surface area contributed by atoms with Gasteiger partial charge in [-0.05, 0) is 5.56 Å². The van der Waals surface area contributed by atoms with Crippen molar-refractivity contribution in [3.8, 4) is 0 Å². The first-order valence-electron chi connectivity index (χ1n) is 5.88. The maximum atomic E-state index is 12.9. The van der Waals surface area contributed by atoms with E-state index in [1.807, 2.05) is 30.3 Å². The number of ether oxygens (including phenoxy) is 1. The van der Waals surface area contributed by atoms with Crippen molar-refractivity contribution in [1.29, 1.82) is 0 Å². The minimum atomic E-state index is -1.33.